The van der Waals surface area contributed by atoms with Gasteiger partial charge in [-0.1, -0.05) is 44.4 Å². The zero-order valence-electron chi connectivity index (χ0n) is 29.6. The highest BCUT2D eigenvalue weighted by Crippen LogP contribution is 2.43. The molecule has 1 aliphatic carbocycles. The summed E-state index contributed by atoms with van der Waals surface area (Å²) < 4.78 is 40.9. The van der Waals surface area contributed by atoms with Crippen LogP contribution in [0, 0.1) is 25.2 Å². The van der Waals surface area contributed by atoms with Crippen LogP contribution in [0.3, 0.4) is 0 Å². The highest BCUT2D eigenvalue weighted by molar-refractivity contribution is 7.52. The summed E-state index contributed by atoms with van der Waals surface area (Å²) in [6.45, 7) is 7.34. The molecule has 1 saturated carbocycles. The second kappa shape index (κ2) is 16.2. The fourth-order valence-corrected chi connectivity index (χ4v) is 7.84. The molecule has 282 valence electrons. The topological polar surface area (TPSA) is 212 Å². The van der Waals surface area contributed by atoms with Crippen LogP contribution in [-0.2, 0) is 38.3 Å². The number of halogens is 1. The van der Waals surface area contributed by atoms with Crippen LogP contribution in [0.4, 0.5) is 5.69 Å². The third-order valence-electron chi connectivity index (χ3n) is 9.22. The highest BCUT2D eigenvalue weighted by atomic mass is 35.5. The van der Waals surface area contributed by atoms with E-state index in [9.17, 15) is 34.5 Å². The molecule has 15 nitrogen and oxygen atoms in total. The van der Waals surface area contributed by atoms with Gasteiger partial charge < -0.3 is 43.9 Å². The monoisotopic (exact) mass is 762 g/mol. The molecule has 0 bridgehead atoms. The number of anilines is 1. The van der Waals surface area contributed by atoms with Gasteiger partial charge in [-0.05, 0) is 49.9 Å². The number of aliphatic hydroxyl groups excluding tert-OH is 2. The second-order valence-corrected chi connectivity index (χ2v) is 16.1. The zero-order chi connectivity index (χ0) is 38.0. The number of ether oxygens (including phenoxy) is 4. The Hall–Kier alpha value is -3.58. The number of carbonyl (C=O) groups is 2. The van der Waals surface area contributed by atoms with E-state index in [4.69, 9.17) is 35.1 Å². The van der Waals surface area contributed by atoms with Crippen LogP contribution in [0.15, 0.2) is 24.4 Å². The number of esters is 2. The minimum Gasteiger partial charge on any atom is -0.438 e. The molecular weight excluding hydrogens is 719 g/mol. The molecule has 3 heterocycles. The molecule has 0 amide bonds. The molecule has 52 heavy (non-hydrogen) atoms. The third-order valence-corrected chi connectivity index (χ3v) is 10.5. The Labute approximate surface area is 306 Å². The zero-order valence-corrected chi connectivity index (χ0v) is 31.3. The maximum atomic E-state index is 12.7. The molecule has 5 rings (SSSR count). The lowest BCUT2D eigenvalue weighted by Crippen LogP contribution is -2.34. The summed E-state index contributed by atoms with van der Waals surface area (Å²) in [7, 11) is -4.43. The molecule has 4 N–H and O–H groups in total. The van der Waals surface area contributed by atoms with E-state index in [-0.39, 0.29) is 23.2 Å². The van der Waals surface area contributed by atoms with Crippen LogP contribution in [0.1, 0.15) is 81.4 Å². The van der Waals surface area contributed by atoms with Crippen LogP contribution in [-0.4, -0.2) is 80.7 Å². The summed E-state index contributed by atoms with van der Waals surface area (Å²) in [6.07, 6.45) is -0.402. The summed E-state index contributed by atoms with van der Waals surface area (Å²) in [5.41, 5.74) is 2.58. The SMILES string of the molecule is CC(=O)Oc1cc(C)cc(C)c1C(C)(C)CC(=O)OCOP(=O)(O)COC[C@H]1O[C@@H](n2ccc3c(NC4CCCC4)c(C#N)c(Cl)nc32)[C@H](O)[C@@H]1O. The fourth-order valence-electron chi connectivity index (χ4n) is 6.99. The van der Waals surface area contributed by atoms with Crippen molar-refractivity contribution in [3.8, 4) is 11.8 Å². The molecule has 3 aromatic rings. The molecule has 1 aromatic carbocycles. The molecular formula is C35H44ClN4O11P. The number of carbonyl (C=O) groups excluding carboxylic acids is 2. The van der Waals surface area contributed by atoms with Gasteiger partial charge in [0.1, 0.15) is 47.7 Å². The van der Waals surface area contributed by atoms with E-state index < -0.39 is 69.2 Å². The molecule has 2 aliphatic rings. The van der Waals surface area contributed by atoms with Gasteiger partial charge in [0.15, 0.2) is 11.4 Å². The molecule has 2 aromatic heterocycles. The Morgan fingerprint density at radius 2 is 1.92 bits per heavy atom. The van der Waals surface area contributed by atoms with Gasteiger partial charge >= 0.3 is 19.5 Å². The molecule has 2 fully saturated rings. The summed E-state index contributed by atoms with van der Waals surface area (Å²) in [5, 5.41) is 35.5. The number of nitrogens with zero attached hydrogens (tertiary/aromatic N) is 3. The largest absolute Gasteiger partial charge is 0.438 e. The van der Waals surface area contributed by atoms with E-state index in [2.05, 4.69) is 16.4 Å². The standard InChI is InChI=1S/C35H44ClN4O11P/c1-19-12-20(2)28(25(13-19)50-21(3)41)35(4,5)14-27(42)48-17-49-52(45,46)18-47-16-26-30(43)31(44)34(51-26)40-11-10-23-29(38-22-8-6-7-9-22)24(15-37)32(36)39-33(23)40/h10-13,22,26,30-31,34,43-44H,6-9,14,16-18H2,1-5H3,(H,38,39)(H,45,46)/t26-,30-,31-,34-/m1/s1. The maximum Gasteiger partial charge on any atom is 0.356 e. The van der Waals surface area contributed by atoms with Crippen molar-refractivity contribution in [2.24, 2.45) is 0 Å². The number of rotatable bonds is 14. The van der Waals surface area contributed by atoms with Crippen LogP contribution in [0.25, 0.3) is 11.0 Å². The number of nitrogens with one attached hydrogen (secondary N) is 1. The minimum absolute atomic E-state index is 0.0220. The molecule has 0 spiro atoms. The average Bonchev–Trinajstić information content (AvgIpc) is 3.76. The summed E-state index contributed by atoms with van der Waals surface area (Å²) in [6, 6.07) is 7.63. The first-order chi connectivity index (χ1) is 24.5. The van der Waals surface area contributed by atoms with E-state index >= 15 is 0 Å². The van der Waals surface area contributed by atoms with Crippen molar-refractivity contribution in [2.75, 3.05) is 25.1 Å². The van der Waals surface area contributed by atoms with Gasteiger partial charge in [0, 0.05) is 35.5 Å². The Morgan fingerprint density at radius 1 is 1.21 bits per heavy atom. The minimum atomic E-state index is -4.43. The van der Waals surface area contributed by atoms with Crippen molar-refractivity contribution in [1.29, 1.82) is 5.26 Å². The number of aryl methyl sites for hydroxylation is 2. The van der Waals surface area contributed by atoms with Gasteiger partial charge in [-0.15, -0.1) is 0 Å². The number of hydrogen-bond acceptors (Lipinski definition) is 13. The molecule has 0 radical (unpaired) electrons. The number of pyridine rings is 1. The van der Waals surface area contributed by atoms with Crippen LogP contribution in [0.2, 0.25) is 5.15 Å². The first kappa shape index (κ1) is 39.6. The third kappa shape index (κ3) is 8.95. The van der Waals surface area contributed by atoms with E-state index in [1.807, 2.05) is 19.9 Å². The number of aliphatic hydroxyl groups is 2. The van der Waals surface area contributed by atoms with Crippen molar-refractivity contribution in [2.45, 2.75) is 103 Å². The van der Waals surface area contributed by atoms with Gasteiger partial charge in [0.05, 0.1) is 18.7 Å². The smallest absolute Gasteiger partial charge is 0.356 e. The Balaban J connectivity index is 1.15. The molecule has 1 saturated heterocycles. The first-order valence-corrected chi connectivity index (χ1v) is 19.0. The predicted octanol–water partition coefficient (Wildman–Crippen LogP) is 5.12. The van der Waals surface area contributed by atoms with Gasteiger partial charge in [-0.2, -0.15) is 5.26 Å². The lowest BCUT2D eigenvalue weighted by molar-refractivity contribution is -0.151. The van der Waals surface area contributed by atoms with Crippen LogP contribution >= 0.6 is 19.2 Å². The number of fused-ring (bicyclic) bond motifs is 1. The Kier molecular flexibility index (Phi) is 12.3. The molecule has 17 heteroatoms. The number of nitriles is 1. The van der Waals surface area contributed by atoms with Crippen molar-refractivity contribution in [1.82, 2.24) is 9.55 Å². The number of hydrogen-bond donors (Lipinski definition) is 4. The van der Waals surface area contributed by atoms with E-state index in [0.29, 0.717) is 28.0 Å². The Morgan fingerprint density at radius 3 is 2.60 bits per heavy atom. The van der Waals surface area contributed by atoms with Crippen LogP contribution < -0.4 is 10.1 Å². The number of benzene rings is 1. The van der Waals surface area contributed by atoms with Gasteiger partial charge in [0.25, 0.3) is 0 Å². The lowest BCUT2D eigenvalue weighted by Gasteiger charge is -2.28. The van der Waals surface area contributed by atoms with E-state index in [1.54, 1.807) is 32.2 Å². The fraction of sp³-hybridized carbons (Fsp3) is 0.543. The predicted molar refractivity (Wildman–Crippen MR) is 189 cm³/mol. The second-order valence-electron chi connectivity index (χ2n) is 13.9. The van der Waals surface area contributed by atoms with Crippen molar-refractivity contribution in [3.05, 3.63) is 51.8 Å². The quantitative estimate of drug-likeness (QED) is 0.0552. The summed E-state index contributed by atoms with van der Waals surface area (Å²) in [5.74, 6) is -0.886. The summed E-state index contributed by atoms with van der Waals surface area (Å²) >= 11 is 6.41. The molecule has 1 aliphatic heterocycles. The van der Waals surface area contributed by atoms with Gasteiger partial charge in [0.2, 0.25) is 6.79 Å². The highest BCUT2D eigenvalue weighted by Gasteiger charge is 2.45. The Bertz CT molecular complexity index is 1910. The summed E-state index contributed by atoms with van der Waals surface area (Å²) in [4.78, 5) is 39.1. The van der Waals surface area contributed by atoms with Gasteiger partial charge in [-0.25, -0.2) is 4.98 Å². The normalized spacial score (nSPS) is 21.9. The molecule has 5 atom stereocenters. The maximum absolute atomic E-state index is 12.7. The molecule has 1 unspecified atom stereocenters. The van der Waals surface area contributed by atoms with E-state index in [1.165, 1.54) is 11.5 Å². The van der Waals surface area contributed by atoms with Crippen molar-refractivity contribution in [3.63, 3.8) is 0 Å². The van der Waals surface area contributed by atoms with Crippen LogP contribution in [0.5, 0.6) is 5.75 Å². The number of aromatic nitrogens is 2. The van der Waals surface area contributed by atoms with Crippen molar-refractivity contribution >= 4 is 47.9 Å². The van der Waals surface area contributed by atoms with E-state index in [0.717, 1.165) is 36.8 Å². The first-order valence-electron chi connectivity index (χ1n) is 16.9. The van der Waals surface area contributed by atoms with Gasteiger partial charge in [-0.3, -0.25) is 18.7 Å². The lowest BCUT2D eigenvalue weighted by atomic mass is 9.78. The average molecular weight is 763 g/mol. The van der Waals surface area contributed by atoms with Crippen molar-refractivity contribution < 1.29 is 52.7 Å².